The number of benzene rings is 2. The van der Waals surface area contributed by atoms with Gasteiger partial charge in [-0.2, -0.15) is 0 Å². The minimum absolute atomic E-state index is 0.0323. The highest BCUT2D eigenvalue weighted by molar-refractivity contribution is 6.05. The number of carbonyl (C=O) groups excluding carboxylic acids is 1. The molecule has 0 fully saturated rings. The largest absolute Gasteiger partial charge is 0.508 e. The normalized spacial score (nSPS) is 9.89. The Hall–Kier alpha value is -2.75. The molecule has 3 N–H and O–H groups in total. The molecule has 0 unspecified atom stereocenters. The Morgan fingerprint density at radius 1 is 1.11 bits per heavy atom. The minimum Gasteiger partial charge on any atom is -0.508 e. The van der Waals surface area contributed by atoms with Crippen molar-refractivity contribution in [3.63, 3.8) is 0 Å². The molecule has 0 aliphatic carbocycles. The molecule has 0 bridgehead atoms. The molecule has 1 amide bonds. The molecule has 0 radical (unpaired) electrons. The first-order valence-corrected chi connectivity index (χ1v) is 5.66. The molecule has 4 nitrogen and oxygen atoms in total. The molecule has 19 heavy (non-hydrogen) atoms. The van der Waals surface area contributed by atoms with Crippen LogP contribution in [0.3, 0.4) is 0 Å². The van der Waals surface area contributed by atoms with Gasteiger partial charge >= 0.3 is 0 Å². The van der Waals surface area contributed by atoms with Crippen LogP contribution >= 0.6 is 0 Å². The number of aromatic hydroxyl groups is 2. The molecule has 96 valence electrons. The molecule has 2 rings (SSSR count). The molecule has 0 heterocycles. The maximum Gasteiger partial charge on any atom is 0.255 e. The van der Waals surface area contributed by atoms with Crippen molar-refractivity contribution < 1.29 is 15.0 Å². The Morgan fingerprint density at radius 2 is 1.79 bits per heavy atom. The molecule has 0 aliphatic rings. The van der Waals surface area contributed by atoms with Crippen molar-refractivity contribution in [3.8, 4) is 11.5 Å². The summed E-state index contributed by atoms with van der Waals surface area (Å²) in [4.78, 5) is 11.9. The van der Waals surface area contributed by atoms with E-state index in [-0.39, 0.29) is 23.1 Å². The first-order chi connectivity index (χ1) is 9.10. The van der Waals surface area contributed by atoms with Crippen molar-refractivity contribution in [2.24, 2.45) is 0 Å². The number of phenols is 2. The maximum absolute atomic E-state index is 11.9. The fourth-order valence-electron chi connectivity index (χ4n) is 1.59. The van der Waals surface area contributed by atoms with Gasteiger partial charge in [-0.25, -0.2) is 0 Å². The topological polar surface area (TPSA) is 69.6 Å². The molecule has 2 aromatic carbocycles. The van der Waals surface area contributed by atoms with E-state index < -0.39 is 0 Å². The second-order valence-corrected chi connectivity index (χ2v) is 3.98. The van der Waals surface area contributed by atoms with Crippen molar-refractivity contribution in [1.29, 1.82) is 0 Å². The minimum atomic E-state index is -0.364. The molecular weight excluding hydrogens is 242 g/mol. The molecule has 2 aromatic rings. The van der Waals surface area contributed by atoms with Crippen LogP contribution in [0.15, 0.2) is 49.0 Å². The van der Waals surface area contributed by atoms with Crippen LogP contribution in [-0.2, 0) is 0 Å². The summed E-state index contributed by atoms with van der Waals surface area (Å²) < 4.78 is 0. The molecule has 0 aliphatic heterocycles. The second kappa shape index (κ2) is 5.27. The van der Waals surface area contributed by atoms with E-state index in [9.17, 15) is 15.0 Å². The van der Waals surface area contributed by atoms with Crippen LogP contribution < -0.4 is 5.32 Å². The van der Waals surface area contributed by atoms with Gasteiger partial charge in [0.1, 0.15) is 11.5 Å². The van der Waals surface area contributed by atoms with E-state index in [0.717, 1.165) is 5.56 Å². The van der Waals surface area contributed by atoms with Crippen molar-refractivity contribution >= 4 is 17.7 Å². The van der Waals surface area contributed by atoms with Gasteiger partial charge in [-0.15, -0.1) is 0 Å². The number of amides is 1. The molecule has 0 atom stereocenters. The Kier molecular flexibility index (Phi) is 3.52. The van der Waals surface area contributed by atoms with E-state index in [1.54, 1.807) is 30.3 Å². The number of nitrogens with one attached hydrogen (secondary N) is 1. The van der Waals surface area contributed by atoms with E-state index in [1.165, 1.54) is 18.2 Å². The SMILES string of the molecule is C=Cc1ccc(C(=O)Nc2cc(O)ccc2O)cc1. The zero-order valence-corrected chi connectivity index (χ0v) is 10.1. The van der Waals surface area contributed by atoms with E-state index in [0.29, 0.717) is 5.56 Å². The van der Waals surface area contributed by atoms with Crippen molar-refractivity contribution in [2.45, 2.75) is 0 Å². The van der Waals surface area contributed by atoms with Crippen molar-refractivity contribution in [3.05, 3.63) is 60.2 Å². The van der Waals surface area contributed by atoms with Gasteiger partial charge in [0.2, 0.25) is 0 Å². The smallest absolute Gasteiger partial charge is 0.255 e. The summed E-state index contributed by atoms with van der Waals surface area (Å²) in [5, 5.41) is 21.4. The first kappa shape index (κ1) is 12.7. The van der Waals surface area contributed by atoms with Gasteiger partial charge in [-0.3, -0.25) is 4.79 Å². The summed E-state index contributed by atoms with van der Waals surface area (Å²) in [5.41, 5.74) is 1.53. The lowest BCUT2D eigenvalue weighted by Gasteiger charge is -2.08. The average Bonchev–Trinajstić information content (AvgIpc) is 2.43. The fourth-order valence-corrected chi connectivity index (χ4v) is 1.59. The third kappa shape index (κ3) is 2.93. The van der Waals surface area contributed by atoms with Gasteiger partial charge < -0.3 is 15.5 Å². The summed E-state index contributed by atoms with van der Waals surface area (Å²) in [6.07, 6.45) is 1.68. The van der Waals surface area contributed by atoms with Crippen molar-refractivity contribution in [2.75, 3.05) is 5.32 Å². The quantitative estimate of drug-likeness (QED) is 0.583. The lowest BCUT2D eigenvalue weighted by molar-refractivity contribution is 0.102. The van der Waals surface area contributed by atoms with E-state index in [4.69, 9.17) is 0 Å². The number of anilines is 1. The third-order valence-corrected chi connectivity index (χ3v) is 2.64. The average molecular weight is 255 g/mol. The van der Waals surface area contributed by atoms with Crippen LogP contribution in [0.25, 0.3) is 6.08 Å². The summed E-state index contributed by atoms with van der Waals surface area (Å²) in [7, 11) is 0. The van der Waals surface area contributed by atoms with E-state index >= 15 is 0 Å². The number of hydrogen-bond donors (Lipinski definition) is 3. The Bertz CT molecular complexity index is 618. The molecule has 0 aromatic heterocycles. The van der Waals surface area contributed by atoms with Crippen LogP contribution in [0.4, 0.5) is 5.69 Å². The number of hydrogen-bond acceptors (Lipinski definition) is 3. The molecule has 0 saturated heterocycles. The second-order valence-electron chi connectivity index (χ2n) is 3.98. The Morgan fingerprint density at radius 3 is 2.42 bits per heavy atom. The lowest BCUT2D eigenvalue weighted by atomic mass is 10.1. The van der Waals surface area contributed by atoms with E-state index in [1.807, 2.05) is 0 Å². The predicted octanol–water partition coefficient (Wildman–Crippen LogP) is 2.99. The zero-order valence-electron chi connectivity index (χ0n) is 10.1. The van der Waals surface area contributed by atoms with Gasteiger partial charge in [0.05, 0.1) is 5.69 Å². The van der Waals surface area contributed by atoms with Crippen LogP contribution in [0.5, 0.6) is 11.5 Å². The Balaban J connectivity index is 2.20. The molecule has 0 spiro atoms. The fraction of sp³-hybridized carbons (Fsp3) is 0. The maximum atomic E-state index is 11.9. The van der Waals surface area contributed by atoms with Crippen LogP contribution in [0, 0.1) is 0 Å². The molecule has 0 saturated carbocycles. The Labute approximate surface area is 110 Å². The standard InChI is InChI=1S/C15H13NO3/c1-2-10-3-5-11(6-4-10)15(19)16-13-9-12(17)7-8-14(13)18/h2-9,17-18H,1H2,(H,16,19). The van der Waals surface area contributed by atoms with Gasteiger partial charge in [-0.1, -0.05) is 24.8 Å². The highest BCUT2D eigenvalue weighted by atomic mass is 16.3. The first-order valence-electron chi connectivity index (χ1n) is 5.66. The highest BCUT2D eigenvalue weighted by Crippen LogP contribution is 2.27. The van der Waals surface area contributed by atoms with Crippen LogP contribution in [0.2, 0.25) is 0 Å². The monoisotopic (exact) mass is 255 g/mol. The molecule has 4 heteroatoms. The summed E-state index contributed by atoms with van der Waals surface area (Å²) >= 11 is 0. The zero-order chi connectivity index (χ0) is 13.8. The van der Waals surface area contributed by atoms with Gasteiger partial charge in [0.25, 0.3) is 5.91 Å². The predicted molar refractivity (Wildman–Crippen MR) is 74.3 cm³/mol. The third-order valence-electron chi connectivity index (χ3n) is 2.64. The van der Waals surface area contributed by atoms with Gasteiger partial charge in [0, 0.05) is 11.6 Å². The molecular formula is C15H13NO3. The number of rotatable bonds is 3. The number of carbonyl (C=O) groups is 1. The lowest BCUT2D eigenvalue weighted by Crippen LogP contribution is -2.11. The summed E-state index contributed by atoms with van der Waals surface area (Å²) in [6, 6.07) is 10.8. The van der Waals surface area contributed by atoms with Gasteiger partial charge in [0.15, 0.2) is 0 Å². The summed E-state index contributed by atoms with van der Waals surface area (Å²) in [6.45, 7) is 3.63. The highest BCUT2D eigenvalue weighted by Gasteiger charge is 2.09. The van der Waals surface area contributed by atoms with Crippen LogP contribution in [0.1, 0.15) is 15.9 Å². The van der Waals surface area contributed by atoms with E-state index in [2.05, 4.69) is 11.9 Å². The van der Waals surface area contributed by atoms with Gasteiger partial charge in [-0.05, 0) is 29.8 Å². The van der Waals surface area contributed by atoms with Crippen molar-refractivity contribution in [1.82, 2.24) is 0 Å². The number of phenolic OH excluding ortho intramolecular Hbond substituents is 2. The van der Waals surface area contributed by atoms with Crippen LogP contribution in [-0.4, -0.2) is 16.1 Å². The summed E-state index contributed by atoms with van der Waals surface area (Å²) in [5.74, 6) is -0.500.